The SMILES string of the molecule is CC(C)(O)[C@@H]1CC[C@@](C)(C2CC[C@]3(C)C2[C@H](O[Si](C)(C)C)C[C@@H]2[C@@]4(C)CC[C@H](O[Si](C)(C)C)C(C)(C)C4[C@@H](O[C@@H]4O[C@H](CO[C@H]5O[C@H](CO[Si](C)(C)C)[C@@H](O[Si](C)(C)C)[C@H](O[Si](C)(C)C)[C@H]5O[Si](C)(C)C)[C@@H](O[Si](C)(C)C)[C@H](O[Si](C)(C)C)[C@H]4O[C@@H]4OC[C@@H](O[Si](C)(C)C)[C@H](O[Si](C)(C)C)[C@H]4O[Si](C)(C)C)C[C@]23C)O1. The maximum absolute atomic E-state index is 11.6. The lowest BCUT2D eigenvalue weighted by molar-refractivity contribution is -0.377. The van der Waals surface area contributed by atoms with E-state index in [1.165, 1.54) is 0 Å². The molecular weight excluding hydrogens is 1570 g/mol. The molecule has 646 valence electrons. The van der Waals surface area contributed by atoms with Crippen molar-refractivity contribution >= 4 is 91.5 Å². The first-order valence-corrected chi connectivity index (χ1v) is 80.3. The molecule has 4 saturated heterocycles. The Morgan fingerprint density at radius 3 is 1.28 bits per heavy atom. The fourth-order valence-corrected chi connectivity index (χ4v) is 32.8. The zero-order valence-electron chi connectivity index (χ0n) is 77.8. The Bertz CT molecular complexity index is 3010. The van der Waals surface area contributed by atoms with Crippen molar-refractivity contribution in [3.8, 4) is 0 Å². The maximum Gasteiger partial charge on any atom is 0.187 e. The highest BCUT2D eigenvalue weighted by Crippen LogP contribution is 2.77. The van der Waals surface area contributed by atoms with Gasteiger partial charge in [0.1, 0.15) is 61.0 Å². The van der Waals surface area contributed by atoms with E-state index in [0.717, 1.165) is 51.4 Å². The molecule has 3 unspecified atom stereocenters. The maximum atomic E-state index is 11.6. The molecule has 8 aliphatic rings. The molecule has 0 amide bonds. The number of ether oxygens (including phenoxy) is 7. The van der Waals surface area contributed by atoms with E-state index in [9.17, 15) is 5.11 Å². The second-order valence-corrected chi connectivity index (χ2v) is 97.0. The second-order valence-electron chi connectivity index (χ2n) is 47.9. The van der Waals surface area contributed by atoms with Crippen LogP contribution >= 0.6 is 0 Å². The van der Waals surface area contributed by atoms with Gasteiger partial charge < -0.3 is 87.0 Å². The highest BCUT2D eigenvalue weighted by Gasteiger charge is 2.75. The Hall–Kier alpha value is 1.63. The van der Waals surface area contributed by atoms with Gasteiger partial charge in [0.15, 0.2) is 110 Å². The van der Waals surface area contributed by atoms with Crippen LogP contribution in [0.25, 0.3) is 0 Å². The third-order valence-electron chi connectivity index (χ3n) is 24.3. The van der Waals surface area contributed by atoms with Crippen molar-refractivity contribution in [2.24, 2.45) is 45.3 Å². The van der Waals surface area contributed by atoms with Gasteiger partial charge in [-0.15, -0.1) is 0 Å². The minimum absolute atomic E-state index is 0.0188. The molecular formula is C80H168O19Si11. The molecule has 30 heteroatoms. The van der Waals surface area contributed by atoms with Crippen LogP contribution in [0, 0.1) is 45.3 Å². The van der Waals surface area contributed by atoms with Gasteiger partial charge in [0, 0.05) is 6.10 Å². The lowest BCUT2D eigenvalue weighted by Crippen LogP contribution is -2.72. The van der Waals surface area contributed by atoms with Gasteiger partial charge in [0.2, 0.25) is 0 Å². The van der Waals surface area contributed by atoms with Crippen LogP contribution in [0.3, 0.4) is 0 Å². The number of fused-ring (bicyclic) bond motifs is 5. The van der Waals surface area contributed by atoms with Gasteiger partial charge in [0.25, 0.3) is 0 Å². The molecule has 0 aromatic carbocycles. The average molecular weight is 1740 g/mol. The largest absolute Gasteiger partial charge is 0.415 e. The number of aliphatic hydroxyl groups is 1. The summed E-state index contributed by atoms with van der Waals surface area (Å²) in [6.07, 6.45) is -3.47. The van der Waals surface area contributed by atoms with Crippen LogP contribution in [0.15, 0.2) is 0 Å². The minimum atomic E-state index is -2.64. The Labute approximate surface area is 683 Å². The van der Waals surface area contributed by atoms with E-state index in [1.807, 2.05) is 13.8 Å². The molecule has 0 aromatic heterocycles. The Balaban J connectivity index is 1.39. The predicted octanol–water partition coefficient (Wildman–Crippen LogP) is 19.2. The summed E-state index contributed by atoms with van der Waals surface area (Å²) in [5, 5.41) is 11.6. The van der Waals surface area contributed by atoms with Crippen LogP contribution in [0.4, 0.5) is 0 Å². The summed E-state index contributed by atoms with van der Waals surface area (Å²) < 4.78 is 137. The fourth-order valence-electron chi connectivity index (χ4n) is 21.0. The molecule has 4 heterocycles. The molecule has 1 N–H and O–H groups in total. The third-order valence-corrected chi connectivity index (χ3v) is 35.2. The molecule has 4 saturated carbocycles. The molecule has 0 radical (unpaired) electrons. The lowest BCUT2D eigenvalue weighted by atomic mass is 9.34. The normalized spacial score (nSPS) is 40.4. The zero-order valence-corrected chi connectivity index (χ0v) is 88.8. The number of hydrogen-bond acceptors (Lipinski definition) is 19. The van der Waals surface area contributed by atoms with Crippen LogP contribution in [0.5, 0.6) is 0 Å². The summed E-state index contributed by atoms with van der Waals surface area (Å²) in [5.41, 5.74) is -2.61. The van der Waals surface area contributed by atoms with Crippen molar-refractivity contribution in [1.82, 2.24) is 0 Å². The first-order chi connectivity index (χ1) is 49.1. The third kappa shape index (κ3) is 24.7. The van der Waals surface area contributed by atoms with E-state index in [-0.39, 0.29) is 71.4 Å². The molecule has 0 aromatic rings. The molecule has 8 fully saturated rings. The molecule has 26 atom stereocenters. The summed E-state index contributed by atoms with van der Waals surface area (Å²) in [4.78, 5) is 0. The zero-order chi connectivity index (χ0) is 83.7. The quantitative estimate of drug-likeness (QED) is 0.0494. The standard InChI is InChI=1S/C80H168O19Si11/c1-75(2)60(92-103(18,19)20)43-45-77(5)59-48-54(90-101(12,13)14)62-53(80(8)47-44-61(89-80)76(3,4)81)42-46-78(62,6)79(59,7)49-55(71(75)77)85-74-68(88-73-69(98-109(36,37)38)65(95-106(27,28)29)58(51-83-73)91-102(15,16)17)66(96-107(30,31)32)63(93-104(21,22)23)56(87-74)50-82-72-70(99-110(39,40)41)67(97-108(33,34)35)64(94-105(24,25)26)57(86-72)52-84-100(9,10)11/h53-74,81H,42-52H2,1-41H3/t53?,54-,55+,56-,57-,58-,59-,60+,61+,62?,63-,64-,65+,66+,67+,68-,69-,70-,71?,72+,73+,74-,77-,78-,79-,80+/m1/s1. The van der Waals surface area contributed by atoms with Crippen LogP contribution in [0.1, 0.15) is 107 Å². The topological polar surface area (TPSA) is 186 Å². The first-order valence-electron chi connectivity index (χ1n) is 42.8. The molecule has 110 heavy (non-hydrogen) atoms. The summed E-state index contributed by atoms with van der Waals surface area (Å²) >= 11 is 0. The monoisotopic (exact) mass is 1740 g/mol. The molecule has 0 spiro atoms. The van der Waals surface area contributed by atoms with Gasteiger partial charge in [-0.1, -0.05) is 34.6 Å². The highest BCUT2D eigenvalue weighted by molar-refractivity contribution is 6.73. The lowest BCUT2D eigenvalue weighted by Gasteiger charge is -2.73. The van der Waals surface area contributed by atoms with Crippen LogP contribution in [-0.4, -0.2) is 238 Å². The van der Waals surface area contributed by atoms with E-state index < -0.39 is 200 Å². The second kappa shape index (κ2) is 33.7. The smallest absolute Gasteiger partial charge is 0.187 e. The van der Waals surface area contributed by atoms with Crippen molar-refractivity contribution in [3.63, 3.8) is 0 Å². The van der Waals surface area contributed by atoms with Gasteiger partial charge in [0.05, 0.1) is 55.4 Å². The molecule has 19 nitrogen and oxygen atoms in total. The van der Waals surface area contributed by atoms with Gasteiger partial charge >= 0.3 is 0 Å². The van der Waals surface area contributed by atoms with Crippen molar-refractivity contribution in [2.75, 3.05) is 19.8 Å². The van der Waals surface area contributed by atoms with E-state index in [0.29, 0.717) is 6.61 Å². The summed E-state index contributed by atoms with van der Waals surface area (Å²) in [5.74, 6) is 0.601. The summed E-state index contributed by atoms with van der Waals surface area (Å²) in [7, 11) is -25.6. The van der Waals surface area contributed by atoms with Crippen molar-refractivity contribution < 1.29 is 87.0 Å². The Morgan fingerprint density at radius 1 is 0.391 bits per heavy atom. The van der Waals surface area contributed by atoms with E-state index in [1.54, 1.807) is 0 Å². The Morgan fingerprint density at radius 2 is 0.818 bits per heavy atom. The van der Waals surface area contributed by atoms with Crippen LogP contribution < -0.4 is 0 Å². The van der Waals surface area contributed by atoms with E-state index in [4.69, 9.17) is 81.8 Å². The van der Waals surface area contributed by atoms with Crippen molar-refractivity contribution in [3.05, 3.63) is 0 Å². The van der Waals surface area contributed by atoms with Crippen LogP contribution in [-0.2, 0) is 81.8 Å². The average Bonchev–Trinajstić information content (AvgIpc) is 1.25. The van der Waals surface area contributed by atoms with Crippen molar-refractivity contribution in [1.29, 1.82) is 0 Å². The summed E-state index contributed by atoms with van der Waals surface area (Å²) in [6.45, 7) is 94.4. The van der Waals surface area contributed by atoms with E-state index >= 15 is 0 Å². The Kier molecular flexibility index (Phi) is 29.7. The van der Waals surface area contributed by atoms with Crippen LogP contribution in [0.2, 0.25) is 216 Å². The van der Waals surface area contributed by atoms with Gasteiger partial charge in [-0.3, -0.25) is 0 Å². The highest BCUT2D eigenvalue weighted by atomic mass is 28.4. The summed E-state index contributed by atoms with van der Waals surface area (Å²) in [6, 6.07) is 0. The first kappa shape index (κ1) is 97.1. The molecule has 4 aliphatic heterocycles. The van der Waals surface area contributed by atoms with Gasteiger partial charge in [-0.05, 0) is 334 Å². The minimum Gasteiger partial charge on any atom is -0.415 e. The van der Waals surface area contributed by atoms with Gasteiger partial charge in [-0.2, -0.15) is 0 Å². The fraction of sp³-hybridized carbons (Fsp3) is 1.00. The molecule has 0 bridgehead atoms. The van der Waals surface area contributed by atoms with Crippen molar-refractivity contribution in [2.45, 2.75) is 444 Å². The molecule has 4 aliphatic carbocycles. The number of hydrogen-bond donors (Lipinski definition) is 1. The number of rotatable bonds is 32. The van der Waals surface area contributed by atoms with Gasteiger partial charge in [-0.25, -0.2) is 0 Å². The molecule has 8 rings (SSSR count). The van der Waals surface area contributed by atoms with E-state index in [2.05, 4.69) is 258 Å². The predicted molar refractivity (Wildman–Crippen MR) is 473 cm³/mol.